The van der Waals surface area contributed by atoms with Gasteiger partial charge >= 0.3 is 10.2 Å². The molecule has 112 valence electrons. The Labute approximate surface area is 121 Å². The molecule has 1 saturated heterocycles. The van der Waals surface area contributed by atoms with Crippen molar-refractivity contribution in [2.24, 2.45) is 5.73 Å². The van der Waals surface area contributed by atoms with Crippen molar-refractivity contribution in [3.63, 3.8) is 0 Å². The Kier molecular flexibility index (Phi) is 5.01. The largest absolute Gasteiger partial charge is 0.329 e. The van der Waals surface area contributed by atoms with E-state index in [9.17, 15) is 8.42 Å². The molecule has 0 saturated carbocycles. The highest BCUT2D eigenvalue weighted by Gasteiger charge is 2.31. The monoisotopic (exact) mass is 297 g/mol. The molecule has 1 atom stereocenters. The van der Waals surface area contributed by atoms with Gasteiger partial charge in [0.25, 0.3) is 0 Å². The fourth-order valence-electron chi connectivity index (χ4n) is 2.59. The Balaban J connectivity index is 2.17. The molecule has 1 aliphatic heterocycles. The van der Waals surface area contributed by atoms with Gasteiger partial charge in [0.05, 0.1) is 5.69 Å². The summed E-state index contributed by atoms with van der Waals surface area (Å²) in [5.41, 5.74) is 7.42. The van der Waals surface area contributed by atoms with E-state index in [1.165, 1.54) is 4.31 Å². The minimum absolute atomic E-state index is 0.0874. The molecule has 20 heavy (non-hydrogen) atoms. The number of aryl methyl sites for hydroxylation is 1. The van der Waals surface area contributed by atoms with Gasteiger partial charge in [0.2, 0.25) is 0 Å². The van der Waals surface area contributed by atoms with E-state index in [4.69, 9.17) is 5.73 Å². The zero-order valence-corrected chi connectivity index (χ0v) is 12.7. The average Bonchev–Trinajstić information content (AvgIpc) is 2.47. The fourth-order valence-corrected chi connectivity index (χ4v) is 4.08. The van der Waals surface area contributed by atoms with Gasteiger partial charge in [-0.3, -0.25) is 4.72 Å². The molecule has 1 aromatic rings. The Hall–Kier alpha value is -1.11. The van der Waals surface area contributed by atoms with Gasteiger partial charge in [0.1, 0.15) is 0 Å². The highest BCUT2D eigenvalue weighted by Crippen LogP contribution is 2.22. The van der Waals surface area contributed by atoms with E-state index in [1.807, 2.05) is 25.1 Å². The summed E-state index contributed by atoms with van der Waals surface area (Å²) in [7, 11) is -3.52. The number of anilines is 1. The summed E-state index contributed by atoms with van der Waals surface area (Å²) < 4.78 is 29.1. The van der Waals surface area contributed by atoms with Crippen LogP contribution in [-0.4, -0.2) is 31.9 Å². The number of hydrogen-bond acceptors (Lipinski definition) is 3. The lowest BCUT2D eigenvalue weighted by atomic mass is 10.1. The number of nitrogens with zero attached hydrogens (tertiary/aromatic N) is 1. The normalized spacial score (nSPS) is 20.8. The summed E-state index contributed by atoms with van der Waals surface area (Å²) in [4.78, 5) is 0. The molecule has 0 spiro atoms. The maximum absolute atomic E-state index is 12.5. The maximum Gasteiger partial charge on any atom is 0.301 e. The minimum atomic E-state index is -3.52. The van der Waals surface area contributed by atoms with Crippen LogP contribution >= 0.6 is 0 Å². The first kappa shape index (κ1) is 15.3. The molecule has 0 aromatic heterocycles. The van der Waals surface area contributed by atoms with Crippen molar-refractivity contribution in [2.75, 3.05) is 17.8 Å². The third-order valence-electron chi connectivity index (χ3n) is 3.74. The van der Waals surface area contributed by atoms with Gasteiger partial charge in [-0.25, -0.2) is 0 Å². The summed E-state index contributed by atoms with van der Waals surface area (Å²) in [5, 5.41) is 0. The molecular formula is C14H23N3O2S. The summed E-state index contributed by atoms with van der Waals surface area (Å²) >= 11 is 0. The van der Waals surface area contributed by atoms with Crippen molar-refractivity contribution in [1.29, 1.82) is 0 Å². The van der Waals surface area contributed by atoms with Crippen LogP contribution in [0.2, 0.25) is 0 Å². The molecule has 0 bridgehead atoms. The zero-order chi connectivity index (χ0) is 14.6. The number of hydrogen-bond donors (Lipinski definition) is 2. The second-order valence-corrected chi connectivity index (χ2v) is 6.78. The Bertz CT molecular complexity index is 545. The molecule has 1 aromatic carbocycles. The van der Waals surface area contributed by atoms with Gasteiger partial charge in [-0.15, -0.1) is 0 Å². The van der Waals surface area contributed by atoms with E-state index in [1.54, 1.807) is 6.07 Å². The fraction of sp³-hybridized carbons (Fsp3) is 0.571. The number of nitrogens with one attached hydrogen (secondary N) is 1. The summed E-state index contributed by atoms with van der Waals surface area (Å²) in [6, 6.07) is 7.42. The van der Waals surface area contributed by atoms with E-state index in [0.29, 0.717) is 18.8 Å². The van der Waals surface area contributed by atoms with Crippen LogP contribution in [0, 0.1) is 0 Å². The predicted molar refractivity (Wildman–Crippen MR) is 81.8 cm³/mol. The molecular weight excluding hydrogens is 274 g/mol. The Morgan fingerprint density at radius 2 is 2.20 bits per heavy atom. The molecule has 1 aliphatic rings. The van der Waals surface area contributed by atoms with E-state index in [-0.39, 0.29) is 6.04 Å². The highest BCUT2D eigenvalue weighted by atomic mass is 32.2. The average molecular weight is 297 g/mol. The van der Waals surface area contributed by atoms with Gasteiger partial charge in [0.15, 0.2) is 0 Å². The smallest absolute Gasteiger partial charge is 0.301 e. The van der Waals surface area contributed by atoms with Crippen LogP contribution in [0.5, 0.6) is 0 Å². The van der Waals surface area contributed by atoms with Crippen molar-refractivity contribution in [2.45, 2.75) is 38.6 Å². The van der Waals surface area contributed by atoms with Crippen molar-refractivity contribution >= 4 is 15.9 Å². The number of piperidine rings is 1. The molecule has 0 aliphatic carbocycles. The molecule has 0 radical (unpaired) electrons. The van der Waals surface area contributed by atoms with E-state index >= 15 is 0 Å². The van der Waals surface area contributed by atoms with Crippen LogP contribution in [0.3, 0.4) is 0 Å². The van der Waals surface area contributed by atoms with Crippen LogP contribution in [0.25, 0.3) is 0 Å². The summed E-state index contributed by atoms with van der Waals surface area (Å²) in [6.07, 6.45) is 3.66. The van der Waals surface area contributed by atoms with Gasteiger partial charge in [-0.1, -0.05) is 25.5 Å². The quantitative estimate of drug-likeness (QED) is 0.869. The van der Waals surface area contributed by atoms with Crippen molar-refractivity contribution in [3.05, 3.63) is 29.8 Å². The highest BCUT2D eigenvalue weighted by molar-refractivity contribution is 7.90. The van der Waals surface area contributed by atoms with E-state index < -0.39 is 10.2 Å². The summed E-state index contributed by atoms with van der Waals surface area (Å²) in [6.45, 7) is 2.96. The third-order valence-corrected chi connectivity index (χ3v) is 5.33. The molecule has 3 N–H and O–H groups in total. The molecule has 6 heteroatoms. The molecule has 0 amide bonds. The summed E-state index contributed by atoms with van der Waals surface area (Å²) in [5.74, 6) is 0. The Morgan fingerprint density at radius 1 is 1.40 bits per heavy atom. The van der Waals surface area contributed by atoms with Gasteiger partial charge < -0.3 is 5.73 Å². The predicted octanol–water partition coefficient (Wildman–Crippen LogP) is 1.72. The standard InChI is InChI=1S/C14H23N3O2S/c1-2-12-6-5-7-13(10-12)16-20(18,19)17-9-4-3-8-14(17)11-15/h5-7,10,14,16H,2-4,8-9,11,15H2,1H3. The van der Waals surface area contributed by atoms with Crippen LogP contribution < -0.4 is 10.5 Å². The molecule has 2 rings (SSSR count). The first-order valence-electron chi connectivity index (χ1n) is 7.15. The number of rotatable bonds is 5. The lowest BCUT2D eigenvalue weighted by Crippen LogP contribution is -2.49. The molecule has 1 unspecified atom stereocenters. The van der Waals surface area contributed by atoms with Crippen molar-refractivity contribution in [3.8, 4) is 0 Å². The Morgan fingerprint density at radius 3 is 2.90 bits per heavy atom. The third kappa shape index (κ3) is 3.50. The molecule has 5 nitrogen and oxygen atoms in total. The first-order valence-corrected chi connectivity index (χ1v) is 8.59. The topological polar surface area (TPSA) is 75.4 Å². The number of benzene rings is 1. The van der Waals surface area contributed by atoms with Crippen LogP contribution in [0.15, 0.2) is 24.3 Å². The van der Waals surface area contributed by atoms with Gasteiger partial charge in [-0.2, -0.15) is 12.7 Å². The van der Waals surface area contributed by atoms with Crippen molar-refractivity contribution < 1.29 is 8.42 Å². The lowest BCUT2D eigenvalue weighted by molar-refractivity contribution is 0.259. The minimum Gasteiger partial charge on any atom is -0.329 e. The van der Waals surface area contributed by atoms with Crippen LogP contribution in [0.4, 0.5) is 5.69 Å². The second kappa shape index (κ2) is 6.56. The molecule has 1 heterocycles. The van der Waals surface area contributed by atoms with Gasteiger partial charge in [-0.05, 0) is 37.0 Å². The van der Waals surface area contributed by atoms with Crippen LogP contribution in [0.1, 0.15) is 31.7 Å². The van der Waals surface area contributed by atoms with Crippen LogP contribution in [-0.2, 0) is 16.6 Å². The second-order valence-electron chi connectivity index (χ2n) is 5.16. The van der Waals surface area contributed by atoms with E-state index in [0.717, 1.165) is 31.2 Å². The lowest BCUT2D eigenvalue weighted by Gasteiger charge is -2.33. The maximum atomic E-state index is 12.5. The number of nitrogens with two attached hydrogens (primary N) is 1. The SMILES string of the molecule is CCc1cccc(NS(=O)(=O)N2CCCCC2CN)c1. The van der Waals surface area contributed by atoms with Gasteiger partial charge in [0, 0.05) is 19.1 Å². The zero-order valence-electron chi connectivity index (χ0n) is 11.9. The van der Waals surface area contributed by atoms with E-state index in [2.05, 4.69) is 4.72 Å². The molecule has 1 fully saturated rings. The van der Waals surface area contributed by atoms with Crippen molar-refractivity contribution in [1.82, 2.24) is 4.31 Å². The first-order chi connectivity index (χ1) is 9.56.